The van der Waals surface area contributed by atoms with Crippen molar-refractivity contribution in [1.29, 1.82) is 0 Å². The highest BCUT2D eigenvalue weighted by Gasteiger charge is 2.36. The second kappa shape index (κ2) is 11.0. The predicted octanol–water partition coefficient (Wildman–Crippen LogP) is 4.66. The molecule has 0 radical (unpaired) electrons. The number of carbonyl (C=O) groups excluding carboxylic acids is 3. The van der Waals surface area contributed by atoms with Crippen molar-refractivity contribution in [2.24, 2.45) is 5.92 Å². The maximum absolute atomic E-state index is 13.7. The molecule has 0 aliphatic rings. The van der Waals surface area contributed by atoms with E-state index in [1.165, 1.54) is 4.90 Å². The standard InChI is InChI=1S/C26H43N3O4/c1-16(2)15-19(27-24(32)33-26(8,9)10)23(31)29(11)21(22(30)28-25(5,6)7)20-17(3)13-12-14-18(20)4/h12-14,16,19,21H,15H2,1-11H3,(H,27,32)(H,28,30). The lowest BCUT2D eigenvalue weighted by molar-refractivity contribution is -0.141. The Bertz CT molecular complexity index is 830. The molecule has 186 valence electrons. The summed E-state index contributed by atoms with van der Waals surface area (Å²) in [5.74, 6) is -0.466. The van der Waals surface area contributed by atoms with E-state index in [1.54, 1.807) is 27.8 Å². The van der Waals surface area contributed by atoms with Gasteiger partial charge in [-0.2, -0.15) is 0 Å². The van der Waals surface area contributed by atoms with E-state index in [9.17, 15) is 14.4 Å². The van der Waals surface area contributed by atoms with Gasteiger partial charge in [0.05, 0.1) is 0 Å². The summed E-state index contributed by atoms with van der Waals surface area (Å²) in [7, 11) is 1.62. The minimum atomic E-state index is -0.840. The number of nitrogens with zero attached hydrogens (tertiary/aromatic N) is 1. The van der Waals surface area contributed by atoms with Crippen LogP contribution in [0.1, 0.15) is 84.5 Å². The number of benzene rings is 1. The summed E-state index contributed by atoms with van der Waals surface area (Å²) in [4.78, 5) is 41.0. The number of aryl methyl sites for hydroxylation is 2. The van der Waals surface area contributed by atoms with Gasteiger partial charge >= 0.3 is 6.09 Å². The van der Waals surface area contributed by atoms with Gasteiger partial charge < -0.3 is 20.3 Å². The summed E-state index contributed by atoms with van der Waals surface area (Å²) < 4.78 is 5.38. The van der Waals surface area contributed by atoms with E-state index in [1.807, 2.05) is 66.7 Å². The fraction of sp³-hybridized carbons (Fsp3) is 0.654. The number of amides is 3. The minimum Gasteiger partial charge on any atom is -0.444 e. The van der Waals surface area contributed by atoms with Crippen LogP contribution in [0.25, 0.3) is 0 Å². The lowest BCUT2D eigenvalue weighted by Gasteiger charge is -2.35. The molecule has 0 fully saturated rings. The van der Waals surface area contributed by atoms with Gasteiger partial charge in [0.1, 0.15) is 17.7 Å². The molecule has 7 nitrogen and oxygen atoms in total. The van der Waals surface area contributed by atoms with Gasteiger partial charge in [0.2, 0.25) is 11.8 Å². The van der Waals surface area contributed by atoms with E-state index in [0.29, 0.717) is 6.42 Å². The first-order valence-corrected chi connectivity index (χ1v) is 11.6. The van der Waals surface area contributed by atoms with Gasteiger partial charge in [-0.15, -0.1) is 0 Å². The van der Waals surface area contributed by atoms with Crippen LogP contribution in [0.2, 0.25) is 0 Å². The molecular formula is C26H43N3O4. The van der Waals surface area contributed by atoms with Gasteiger partial charge in [-0.25, -0.2) is 4.79 Å². The van der Waals surface area contributed by atoms with E-state index in [2.05, 4.69) is 10.6 Å². The predicted molar refractivity (Wildman–Crippen MR) is 132 cm³/mol. The molecule has 33 heavy (non-hydrogen) atoms. The Kier molecular flexibility index (Phi) is 9.52. The SMILES string of the molecule is Cc1cccc(C)c1C(C(=O)NC(C)(C)C)N(C)C(=O)C(CC(C)C)NC(=O)OC(C)(C)C. The Morgan fingerprint density at radius 2 is 1.52 bits per heavy atom. The summed E-state index contributed by atoms with van der Waals surface area (Å²) in [5, 5.41) is 5.74. The molecule has 1 aromatic rings. The Labute approximate surface area is 199 Å². The average molecular weight is 462 g/mol. The number of rotatable bonds is 7. The summed E-state index contributed by atoms with van der Waals surface area (Å²) in [6, 6.07) is 4.14. The summed E-state index contributed by atoms with van der Waals surface area (Å²) >= 11 is 0. The van der Waals surface area contributed by atoms with E-state index < -0.39 is 29.3 Å². The molecule has 7 heteroatoms. The van der Waals surface area contributed by atoms with Gasteiger partial charge in [-0.1, -0.05) is 32.0 Å². The summed E-state index contributed by atoms with van der Waals surface area (Å²) in [6.45, 7) is 18.8. The Morgan fingerprint density at radius 3 is 1.94 bits per heavy atom. The largest absolute Gasteiger partial charge is 0.444 e. The molecule has 0 saturated heterocycles. The fourth-order valence-corrected chi connectivity index (χ4v) is 3.71. The first-order valence-electron chi connectivity index (χ1n) is 11.6. The van der Waals surface area contributed by atoms with Crippen molar-refractivity contribution in [2.75, 3.05) is 7.05 Å². The van der Waals surface area contributed by atoms with Crippen LogP contribution in [0.5, 0.6) is 0 Å². The molecule has 3 amide bonds. The quantitative estimate of drug-likeness (QED) is 0.618. The van der Waals surface area contributed by atoms with E-state index in [-0.39, 0.29) is 17.7 Å². The Morgan fingerprint density at radius 1 is 1.00 bits per heavy atom. The van der Waals surface area contributed by atoms with Crippen LogP contribution >= 0.6 is 0 Å². The molecule has 0 heterocycles. The van der Waals surface area contributed by atoms with E-state index in [4.69, 9.17) is 4.74 Å². The molecule has 2 unspecified atom stereocenters. The highest BCUT2D eigenvalue weighted by atomic mass is 16.6. The first kappa shape index (κ1) is 28.5. The number of ether oxygens (including phenoxy) is 1. The zero-order valence-corrected chi connectivity index (χ0v) is 22.3. The number of nitrogens with one attached hydrogen (secondary N) is 2. The van der Waals surface area contributed by atoms with Crippen LogP contribution < -0.4 is 10.6 Å². The van der Waals surface area contributed by atoms with Crippen LogP contribution in [-0.2, 0) is 14.3 Å². The maximum atomic E-state index is 13.7. The normalized spacial score (nSPS) is 13.8. The molecule has 1 rings (SSSR count). The third-order valence-corrected chi connectivity index (χ3v) is 4.99. The Balaban J connectivity index is 3.39. The topological polar surface area (TPSA) is 87.7 Å². The van der Waals surface area contributed by atoms with Crippen molar-refractivity contribution in [3.05, 3.63) is 34.9 Å². The zero-order valence-electron chi connectivity index (χ0n) is 22.3. The molecule has 0 aliphatic heterocycles. The van der Waals surface area contributed by atoms with Crippen molar-refractivity contribution in [1.82, 2.24) is 15.5 Å². The third-order valence-electron chi connectivity index (χ3n) is 4.99. The zero-order chi connectivity index (χ0) is 25.7. The van der Waals surface area contributed by atoms with Crippen molar-refractivity contribution in [3.8, 4) is 0 Å². The minimum absolute atomic E-state index is 0.143. The molecule has 0 bridgehead atoms. The van der Waals surface area contributed by atoms with Gasteiger partial charge in [-0.3, -0.25) is 9.59 Å². The second-order valence-corrected chi connectivity index (χ2v) is 11.2. The molecule has 0 aliphatic carbocycles. The maximum Gasteiger partial charge on any atom is 0.408 e. The van der Waals surface area contributed by atoms with Crippen molar-refractivity contribution in [3.63, 3.8) is 0 Å². The van der Waals surface area contributed by atoms with Crippen LogP contribution in [-0.4, -0.2) is 47.0 Å². The highest BCUT2D eigenvalue weighted by Crippen LogP contribution is 2.28. The van der Waals surface area contributed by atoms with Crippen molar-refractivity contribution < 1.29 is 19.1 Å². The fourth-order valence-electron chi connectivity index (χ4n) is 3.71. The van der Waals surface area contributed by atoms with Crippen molar-refractivity contribution in [2.45, 2.75) is 98.9 Å². The lowest BCUT2D eigenvalue weighted by atomic mass is 9.92. The van der Waals surface area contributed by atoms with Crippen LogP contribution in [0.3, 0.4) is 0 Å². The number of hydrogen-bond donors (Lipinski definition) is 2. The van der Waals surface area contributed by atoms with Gasteiger partial charge in [-0.05, 0) is 84.4 Å². The van der Waals surface area contributed by atoms with Gasteiger partial charge in [0.25, 0.3) is 0 Å². The van der Waals surface area contributed by atoms with E-state index in [0.717, 1.165) is 16.7 Å². The molecule has 0 aromatic heterocycles. The molecule has 1 aromatic carbocycles. The monoisotopic (exact) mass is 461 g/mol. The smallest absolute Gasteiger partial charge is 0.408 e. The third kappa shape index (κ3) is 9.06. The van der Waals surface area contributed by atoms with Gasteiger partial charge in [0.15, 0.2) is 0 Å². The molecular weight excluding hydrogens is 418 g/mol. The lowest BCUT2D eigenvalue weighted by Crippen LogP contribution is -2.54. The van der Waals surface area contributed by atoms with E-state index >= 15 is 0 Å². The summed E-state index contributed by atoms with van der Waals surface area (Å²) in [6.07, 6.45) is -0.236. The van der Waals surface area contributed by atoms with Crippen molar-refractivity contribution >= 4 is 17.9 Å². The first-order chi connectivity index (χ1) is 14.9. The number of likely N-dealkylation sites (N-methyl/N-ethyl adjacent to an activating group) is 1. The number of alkyl carbamates (subject to hydrolysis) is 1. The molecule has 0 saturated carbocycles. The van der Waals surface area contributed by atoms with Gasteiger partial charge in [0, 0.05) is 12.6 Å². The second-order valence-electron chi connectivity index (χ2n) is 11.2. The van der Waals surface area contributed by atoms with Crippen LogP contribution in [0, 0.1) is 19.8 Å². The number of hydrogen-bond acceptors (Lipinski definition) is 4. The Hall–Kier alpha value is -2.57. The molecule has 2 N–H and O–H groups in total. The molecule has 0 spiro atoms. The average Bonchev–Trinajstić information content (AvgIpc) is 2.59. The summed E-state index contributed by atoms with van der Waals surface area (Å²) in [5.41, 5.74) is 1.47. The molecule has 2 atom stereocenters. The van der Waals surface area contributed by atoms with Crippen LogP contribution in [0.15, 0.2) is 18.2 Å². The van der Waals surface area contributed by atoms with Crippen LogP contribution in [0.4, 0.5) is 4.79 Å². The highest BCUT2D eigenvalue weighted by molar-refractivity contribution is 5.92. The number of carbonyl (C=O) groups is 3.